The van der Waals surface area contributed by atoms with Crippen molar-refractivity contribution in [1.29, 1.82) is 0 Å². The summed E-state index contributed by atoms with van der Waals surface area (Å²) in [4.78, 5) is 42.4. The van der Waals surface area contributed by atoms with Crippen LogP contribution in [0.2, 0.25) is 5.02 Å². The summed E-state index contributed by atoms with van der Waals surface area (Å²) in [5.74, 6) is -1.48. The molecule has 0 N–H and O–H groups in total. The summed E-state index contributed by atoms with van der Waals surface area (Å²) in [6.07, 6.45) is 3.29. The molecule has 0 spiro atoms. The van der Waals surface area contributed by atoms with Crippen molar-refractivity contribution in [3.8, 4) is 16.9 Å². The first-order valence-electron chi connectivity index (χ1n) is 11.0. The zero-order valence-corrected chi connectivity index (χ0v) is 19.6. The molecule has 0 radical (unpaired) electrons. The highest BCUT2D eigenvalue weighted by Gasteiger charge is 2.31. The highest BCUT2D eigenvalue weighted by molar-refractivity contribution is 6.33. The quantitative estimate of drug-likeness (QED) is 0.439. The van der Waals surface area contributed by atoms with Gasteiger partial charge in [-0.25, -0.2) is 4.39 Å². The van der Waals surface area contributed by atoms with Crippen LogP contribution in [0.3, 0.4) is 0 Å². The minimum absolute atomic E-state index is 0.0510. The van der Waals surface area contributed by atoms with Crippen molar-refractivity contribution in [2.75, 3.05) is 26.2 Å². The SMILES string of the molecule is Cn1cc(C(=O)N2CCN(C(=O)c3c(F)cccc3Cl)CC2)c2nn(-c3ccccc3)c(=O)c-2c1. The second kappa shape index (κ2) is 8.99. The van der Waals surface area contributed by atoms with Crippen molar-refractivity contribution in [3.05, 3.63) is 93.2 Å². The van der Waals surface area contributed by atoms with Gasteiger partial charge in [0.1, 0.15) is 11.5 Å². The number of para-hydroxylation sites is 1. The van der Waals surface area contributed by atoms with Crippen LogP contribution in [0.25, 0.3) is 16.9 Å². The van der Waals surface area contributed by atoms with Crippen LogP contribution in [0.15, 0.2) is 65.7 Å². The number of nitrogens with zero attached hydrogens (tertiary/aromatic N) is 5. The summed E-state index contributed by atoms with van der Waals surface area (Å²) in [5.41, 5.74) is 1.08. The van der Waals surface area contributed by atoms with Crippen molar-refractivity contribution >= 4 is 23.4 Å². The smallest absolute Gasteiger partial charge is 0.282 e. The molecule has 1 fully saturated rings. The van der Waals surface area contributed by atoms with Crippen molar-refractivity contribution in [2.24, 2.45) is 7.05 Å². The van der Waals surface area contributed by atoms with Crippen LogP contribution in [-0.4, -0.2) is 62.1 Å². The Bertz CT molecular complexity index is 1440. The number of hydrogen-bond donors (Lipinski definition) is 0. The number of hydrogen-bond acceptors (Lipinski definition) is 4. The van der Waals surface area contributed by atoms with Gasteiger partial charge in [0, 0.05) is 45.6 Å². The molecule has 10 heteroatoms. The molecule has 0 saturated carbocycles. The van der Waals surface area contributed by atoms with Crippen LogP contribution >= 0.6 is 11.6 Å². The lowest BCUT2D eigenvalue weighted by molar-refractivity contribution is 0.0532. The molecule has 2 aromatic carbocycles. The summed E-state index contributed by atoms with van der Waals surface area (Å²) >= 11 is 6.04. The Hall–Kier alpha value is -3.98. The van der Waals surface area contributed by atoms with E-state index in [0.717, 1.165) is 0 Å². The molecule has 0 bridgehead atoms. The van der Waals surface area contributed by atoms with E-state index in [4.69, 9.17) is 11.6 Å². The van der Waals surface area contributed by atoms with E-state index in [1.165, 1.54) is 27.8 Å². The molecule has 0 aliphatic carbocycles. The number of benzene rings is 2. The van der Waals surface area contributed by atoms with Gasteiger partial charge >= 0.3 is 0 Å². The number of piperazine rings is 1. The van der Waals surface area contributed by atoms with E-state index in [2.05, 4.69) is 5.10 Å². The van der Waals surface area contributed by atoms with Crippen LogP contribution in [0.1, 0.15) is 20.7 Å². The van der Waals surface area contributed by atoms with Gasteiger partial charge in [-0.05, 0) is 24.3 Å². The predicted octanol–water partition coefficient (Wildman–Crippen LogP) is 3.07. The average molecular weight is 494 g/mol. The van der Waals surface area contributed by atoms with E-state index in [1.807, 2.05) is 18.2 Å². The molecule has 2 amide bonds. The molecule has 1 saturated heterocycles. The second-order valence-electron chi connectivity index (χ2n) is 8.33. The predicted molar refractivity (Wildman–Crippen MR) is 129 cm³/mol. The first-order chi connectivity index (χ1) is 16.8. The van der Waals surface area contributed by atoms with Gasteiger partial charge in [-0.2, -0.15) is 9.78 Å². The molecule has 3 heterocycles. The van der Waals surface area contributed by atoms with E-state index in [-0.39, 0.29) is 48.2 Å². The fourth-order valence-corrected chi connectivity index (χ4v) is 4.52. The molecule has 8 nitrogen and oxygen atoms in total. The Morgan fingerprint density at radius 3 is 2.23 bits per heavy atom. The number of rotatable bonds is 3. The third-order valence-electron chi connectivity index (χ3n) is 6.06. The molecule has 3 aliphatic heterocycles. The lowest BCUT2D eigenvalue weighted by Crippen LogP contribution is -2.51. The maximum Gasteiger partial charge on any atom is 0.282 e. The largest absolute Gasteiger partial charge is 0.356 e. The Morgan fingerprint density at radius 1 is 0.914 bits per heavy atom. The molecular formula is C25H21ClFN5O3. The molecule has 5 rings (SSSR count). The zero-order valence-electron chi connectivity index (χ0n) is 18.8. The summed E-state index contributed by atoms with van der Waals surface area (Å²) in [5, 5.41) is 4.52. The minimum Gasteiger partial charge on any atom is -0.356 e. The van der Waals surface area contributed by atoms with Crippen LogP contribution in [0, 0.1) is 5.82 Å². The third-order valence-corrected chi connectivity index (χ3v) is 6.38. The highest BCUT2D eigenvalue weighted by Crippen LogP contribution is 2.25. The van der Waals surface area contributed by atoms with Gasteiger partial charge < -0.3 is 14.4 Å². The van der Waals surface area contributed by atoms with E-state index in [0.29, 0.717) is 22.5 Å². The molecule has 0 unspecified atom stereocenters. The topological polar surface area (TPSA) is 80.4 Å². The van der Waals surface area contributed by atoms with Crippen LogP contribution in [-0.2, 0) is 7.05 Å². The lowest BCUT2D eigenvalue weighted by Gasteiger charge is -2.35. The van der Waals surface area contributed by atoms with Crippen molar-refractivity contribution in [1.82, 2.24) is 24.1 Å². The number of aryl methyl sites for hydroxylation is 1. The van der Waals surface area contributed by atoms with Gasteiger partial charge in [-0.3, -0.25) is 14.4 Å². The maximum absolute atomic E-state index is 14.2. The van der Waals surface area contributed by atoms with Gasteiger partial charge in [0.2, 0.25) is 0 Å². The Labute approximate surface area is 205 Å². The van der Waals surface area contributed by atoms with Crippen molar-refractivity contribution < 1.29 is 14.0 Å². The molecule has 35 heavy (non-hydrogen) atoms. The standard InChI is InChI=1S/C25H21ClFN5O3/c1-29-14-17(22-18(15-29)24(34)32(28-22)16-6-3-2-4-7-16)23(33)30-10-12-31(13-11-30)25(35)21-19(26)8-5-9-20(21)27/h2-9,14-15H,10-13H2,1H3. The van der Waals surface area contributed by atoms with Crippen molar-refractivity contribution in [2.45, 2.75) is 0 Å². The summed E-state index contributed by atoms with van der Waals surface area (Å²) in [6.45, 7) is 0.950. The average Bonchev–Trinajstić information content (AvgIpc) is 3.19. The maximum atomic E-state index is 14.2. The number of halogens is 2. The summed E-state index contributed by atoms with van der Waals surface area (Å²) in [6, 6.07) is 13.1. The number of amides is 2. The normalized spacial score (nSPS) is 13.9. The number of carbonyl (C=O) groups excluding carboxylic acids is 2. The number of aromatic nitrogens is 3. The Morgan fingerprint density at radius 2 is 1.57 bits per heavy atom. The second-order valence-corrected chi connectivity index (χ2v) is 8.74. The van der Waals surface area contributed by atoms with E-state index in [1.54, 1.807) is 41.0 Å². The fraction of sp³-hybridized carbons (Fsp3) is 0.200. The molecule has 2 aromatic rings. The van der Waals surface area contributed by atoms with Crippen molar-refractivity contribution in [3.63, 3.8) is 0 Å². The first-order valence-corrected chi connectivity index (χ1v) is 11.4. The summed E-state index contributed by atoms with van der Waals surface area (Å²) < 4.78 is 17.1. The zero-order chi connectivity index (χ0) is 24.7. The van der Waals surface area contributed by atoms with E-state index in [9.17, 15) is 18.8 Å². The number of fused-ring (bicyclic) bond motifs is 1. The molecule has 0 atom stereocenters. The van der Waals surface area contributed by atoms with Crippen LogP contribution in [0.5, 0.6) is 0 Å². The monoisotopic (exact) mass is 493 g/mol. The van der Waals surface area contributed by atoms with Crippen LogP contribution < -0.4 is 5.56 Å². The van der Waals surface area contributed by atoms with Gasteiger partial charge in [-0.15, -0.1) is 0 Å². The number of pyridine rings is 1. The molecular weight excluding hydrogens is 473 g/mol. The van der Waals surface area contributed by atoms with E-state index >= 15 is 0 Å². The summed E-state index contributed by atoms with van der Waals surface area (Å²) in [7, 11) is 1.74. The highest BCUT2D eigenvalue weighted by atomic mass is 35.5. The van der Waals surface area contributed by atoms with Gasteiger partial charge in [0.25, 0.3) is 17.4 Å². The molecule has 3 aliphatic rings. The van der Waals surface area contributed by atoms with Gasteiger partial charge in [0.05, 0.1) is 27.4 Å². The van der Waals surface area contributed by atoms with Gasteiger partial charge in [0.15, 0.2) is 0 Å². The number of carbonyl (C=O) groups is 2. The first kappa shape index (κ1) is 22.8. The molecule has 0 aromatic heterocycles. The fourth-order valence-electron chi connectivity index (χ4n) is 4.28. The van der Waals surface area contributed by atoms with E-state index < -0.39 is 11.7 Å². The third kappa shape index (κ3) is 4.08. The minimum atomic E-state index is -0.678. The lowest BCUT2D eigenvalue weighted by atomic mass is 10.1. The Balaban J connectivity index is 1.40. The Kier molecular flexibility index (Phi) is 5.86. The van der Waals surface area contributed by atoms with Gasteiger partial charge in [-0.1, -0.05) is 35.9 Å². The van der Waals surface area contributed by atoms with Crippen LogP contribution in [0.4, 0.5) is 4.39 Å². The molecule has 178 valence electrons.